The molecule has 7 heteroatoms. The smallest absolute Gasteiger partial charge is 0.231 e. The highest BCUT2D eigenvalue weighted by Gasteiger charge is 2.15. The zero-order chi connectivity index (χ0) is 18.0. The third kappa shape index (κ3) is 5.78. The van der Waals surface area contributed by atoms with Crippen LogP contribution in [-0.2, 0) is 15.9 Å². The Morgan fingerprint density at radius 3 is 3.04 bits per heavy atom. The first-order chi connectivity index (χ1) is 12.8. The summed E-state index contributed by atoms with van der Waals surface area (Å²) >= 11 is 0. The van der Waals surface area contributed by atoms with Crippen molar-refractivity contribution in [1.29, 1.82) is 0 Å². The van der Waals surface area contributed by atoms with Crippen LogP contribution in [-0.4, -0.2) is 58.3 Å². The Labute approximate surface area is 155 Å². The lowest BCUT2D eigenvalue weighted by atomic mass is 10.1. The fourth-order valence-corrected chi connectivity index (χ4v) is 2.91. The molecule has 0 spiro atoms. The number of aliphatic imine (C=N–C) groups is 1. The highest BCUT2D eigenvalue weighted by Crippen LogP contribution is 2.32. The SMILES string of the molecule is CCNC(=NCCCOC1CCOC1)NCCc1ccc2c(c1)OCO2. The molecule has 2 N–H and O–H groups in total. The Kier molecular flexibility index (Phi) is 7.39. The lowest BCUT2D eigenvalue weighted by molar-refractivity contribution is 0.0424. The molecule has 0 bridgehead atoms. The van der Waals surface area contributed by atoms with Gasteiger partial charge in [-0.05, 0) is 43.9 Å². The van der Waals surface area contributed by atoms with Crippen molar-refractivity contribution in [2.24, 2.45) is 4.99 Å². The third-order valence-electron chi connectivity index (χ3n) is 4.30. The predicted molar refractivity (Wildman–Crippen MR) is 100 cm³/mol. The minimum Gasteiger partial charge on any atom is -0.454 e. The number of ether oxygens (including phenoxy) is 4. The van der Waals surface area contributed by atoms with Crippen LogP contribution < -0.4 is 20.1 Å². The fourth-order valence-electron chi connectivity index (χ4n) is 2.91. The van der Waals surface area contributed by atoms with Crippen molar-refractivity contribution in [2.75, 3.05) is 46.2 Å². The molecular formula is C19H29N3O4. The molecule has 2 heterocycles. The van der Waals surface area contributed by atoms with E-state index in [1.807, 2.05) is 12.1 Å². The van der Waals surface area contributed by atoms with E-state index >= 15 is 0 Å². The molecule has 0 radical (unpaired) electrons. The second-order valence-corrected chi connectivity index (χ2v) is 6.33. The van der Waals surface area contributed by atoms with E-state index in [0.717, 1.165) is 76.2 Å². The van der Waals surface area contributed by atoms with Crippen LogP contribution >= 0.6 is 0 Å². The molecule has 26 heavy (non-hydrogen) atoms. The van der Waals surface area contributed by atoms with Gasteiger partial charge >= 0.3 is 0 Å². The Bertz CT molecular complexity index is 588. The molecule has 1 aromatic carbocycles. The maximum absolute atomic E-state index is 5.76. The van der Waals surface area contributed by atoms with Crippen LogP contribution in [0.2, 0.25) is 0 Å². The van der Waals surface area contributed by atoms with Gasteiger partial charge in [0.2, 0.25) is 6.79 Å². The normalized spacial score (nSPS) is 19.0. The van der Waals surface area contributed by atoms with Gasteiger partial charge in [0.25, 0.3) is 0 Å². The molecule has 0 aliphatic carbocycles. The predicted octanol–water partition coefficient (Wildman–Crippen LogP) is 1.71. The van der Waals surface area contributed by atoms with Crippen molar-refractivity contribution in [3.05, 3.63) is 23.8 Å². The van der Waals surface area contributed by atoms with E-state index in [-0.39, 0.29) is 6.10 Å². The Morgan fingerprint density at radius 1 is 1.27 bits per heavy atom. The molecule has 1 aromatic rings. The van der Waals surface area contributed by atoms with E-state index in [2.05, 4.69) is 28.6 Å². The number of benzene rings is 1. The van der Waals surface area contributed by atoms with Crippen LogP contribution in [0.25, 0.3) is 0 Å². The van der Waals surface area contributed by atoms with E-state index in [1.165, 1.54) is 5.56 Å². The summed E-state index contributed by atoms with van der Waals surface area (Å²) in [6.07, 6.45) is 3.08. The second-order valence-electron chi connectivity index (χ2n) is 6.33. The summed E-state index contributed by atoms with van der Waals surface area (Å²) in [6.45, 7) is 7.05. The van der Waals surface area contributed by atoms with Crippen molar-refractivity contribution >= 4 is 5.96 Å². The molecule has 3 rings (SSSR count). The molecule has 1 fully saturated rings. The minimum absolute atomic E-state index is 0.270. The van der Waals surface area contributed by atoms with E-state index in [1.54, 1.807) is 0 Å². The van der Waals surface area contributed by atoms with Gasteiger partial charge in [0.15, 0.2) is 17.5 Å². The highest BCUT2D eigenvalue weighted by atomic mass is 16.7. The van der Waals surface area contributed by atoms with Gasteiger partial charge in [-0.2, -0.15) is 0 Å². The van der Waals surface area contributed by atoms with Gasteiger partial charge in [0.1, 0.15) is 0 Å². The molecule has 0 saturated carbocycles. The van der Waals surface area contributed by atoms with Gasteiger partial charge in [-0.1, -0.05) is 6.07 Å². The Balaban J connectivity index is 1.35. The number of fused-ring (bicyclic) bond motifs is 1. The lowest BCUT2D eigenvalue weighted by Gasteiger charge is -2.12. The minimum atomic E-state index is 0.270. The van der Waals surface area contributed by atoms with E-state index < -0.39 is 0 Å². The van der Waals surface area contributed by atoms with Gasteiger partial charge in [0.05, 0.1) is 12.7 Å². The summed E-state index contributed by atoms with van der Waals surface area (Å²) in [5.74, 6) is 2.50. The maximum Gasteiger partial charge on any atom is 0.231 e. The zero-order valence-corrected chi connectivity index (χ0v) is 15.5. The number of hydrogen-bond donors (Lipinski definition) is 2. The zero-order valence-electron chi connectivity index (χ0n) is 15.5. The largest absolute Gasteiger partial charge is 0.454 e. The number of rotatable bonds is 9. The first-order valence-electron chi connectivity index (χ1n) is 9.45. The van der Waals surface area contributed by atoms with Gasteiger partial charge < -0.3 is 29.6 Å². The van der Waals surface area contributed by atoms with E-state index in [4.69, 9.17) is 18.9 Å². The number of guanidine groups is 1. The van der Waals surface area contributed by atoms with Crippen molar-refractivity contribution in [3.8, 4) is 11.5 Å². The number of hydrogen-bond acceptors (Lipinski definition) is 5. The summed E-state index contributed by atoms with van der Waals surface area (Å²) in [5, 5.41) is 6.65. The van der Waals surface area contributed by atoms with Gasteiger partial charge in [-0.25, -0.2) is 0 Å². The molecular weight excluding hydrogens is 334 g/mol. The Morgan fingerprint density at radius 2 is 2.19 bits per heavy atom. The second kappa shape index (κ2) is 10.2. The number of nitrogens with zero attached hydrogens (tertiary/aromatic N) is 1. The molecule has 0 aromatic heterocycles. The summed E-state index contributed by atoms with van der Waals surface area (Å²) in [4.78, 5) is 4.61. The molecule has 2 aliphatic rings. The van der Waals surface area contributed by atoms with Crippen LogP contribution in [0.1, 0.15) is 25.3 Å². The van der Waals surface area contributed by atoms with Crippen molar-refractivity contribution in [2.45, 2.75) is 32.3 Å². The molecule has 0 amide bonds. The summed E-state index contributed by atoms with van der Waals surface area (Å²) in [7, 11) is 0. The monoisotopic (exact) mass is 363 g/mol. The van der Waals surface area contributed by atoms with Gasteiger partial charge in [-0.15, -0.1) is 0 Å². The molecule has 1 saturated heterocycles. The maximum atomic E-state index is 5.76. The van der Waals surface area contributed by atoms with Gasteiger partial charge in [-0.3, -0.25) is 4.99 Å². The van der Waals surface area contributed by atoms with E-state index in [9.17, 15) is 0 Å². The van der Waals surface area contributed by atoms with Crippen molar-refractivity contribution in [3.63, 3.8) is 0 Å². The van der Waals surface area contributed by atoms with Crippen molar-refractivity contribution < 1.29 is 18.9 Å². The topological polar surface area (TPSA) is 73.3 Å². The van der Waals surface area contributed by atoms with Crippen LogP contribution in [0.15, 0.2) is 23.2 Å². The molecule has 2 aliphatic heterocycles. The van der Waals surface area contributed by atoms with E-state index in [0.29, 0.717) is 6.79 Å². The quantitative estimate of drug-likeness (QED) is 0.395. The fraction of sp³-hybridized carbons (Fsp3) is 0.632. The van der Waals surface area contributed by atoms with Crippen LogP contribution in [0.5, 0.6) is 11.5 Å². The average Bonchev–Trinajstić information content (AvgIpc) is 3.32. The summed E-state index contributed by atoms with van der Waals surface area (Å²) in [5.41, 5.74) is 1.21. The summed E-state index contributed by atoms with van der Waals surface area (Å²) in [6, 6.07) is 6.08. The summed E-state index contributed by atoms with van der Waals surface area (Å²) < 4.78 is 21.8. The average molecular weight is 363 g/mol. The van der Waals surface area contributed by atoms with Crippen molar-refractivity contribution in [1.82, 2.24) is 10.6 Å². The first-order valence-corrected chi connectivity index (χ1v) is 9.45. The standard InChI is InChI=1S/C19H29N3O4/c1-2-20-19(21-8-3-10-24-16-7-11-23-13-16)22-9-6-15-4-5-17-18(12-15)26-14-25-17/h4-5,12,16H,2-3,6-11,13-14H2,1H3,(H2,20,21,22). The van der Waals surface area contributed by atoms with Crippen LogP contribution in [0.4, 0.5) is 0 Å². The first kappa shape index (κ1) is 18.8. The third-order valence-corrected chi connectivity index (χ3v) is 4.30. The molecule has 1 unspecified atom stereocenters. The van der Waals surface area contributed by atoms with Crippen LogP contribution in [0, 0.1) is 0 Å². The molecule has 1 atom stereocenters. The van der Waals surface area contributed by atoms with Gasteiger partial charge in [0, 0.05) is 32.8 Å². The Hall–Kier alpha value is -1.99. The number of nitrogens with one attached hydrogen (secondary N) is 2. The highest BCUT2D eigenvalue weighted by molar-refractivity contribution is 5.79. The molecule has 144 valence electrons. The van der Waals surface area contributed by atoms with Crippen LogP contribution in [0.3, 0.4) is 0 Å². The molecule has 7 nitrogen and oxygen atoms in total. The lowest BCUT2D eigenvalue weighted by Crippen LogP contribution is -2.38.